The van der Waals surface area contributed by atoms with E-state index < -0.39 is 37.9 Å². The largest absolute Gasteiger partial charge is 0.493 e. The third-order valence-electron chi connectivity index (χ3n) is 2.07. The molecule has 0 unspecified atom stereocenters. The highest BCUT2D eigenvalue weighted by Crippen LogP contribution is 2.34. The minimum Gasteiger partial charge on any atom is -0.493 e. The third-order valence-corrected chi connectivity index (χ3v) is 2.07. The van der Waals surface area contributed by atoms with Gasteiger partial charge in [-0.05, 0) is 25.4 Å². The van der Waals surface area contributed by atoms with Crippen molar-refractivity contribution in [2.75, 3.05) is 13.6 Å². The third kappa shape index (κ3) is 2.27. The number of methoxy groups -OCH3 is 1. The van der Waals surface area contributed by atoms with Gasteiger partial charge < -0.3 is 14.6 Å². The van der Waals surface area contributed by atoms with Crippen LogP contribution in [-0.2, 0) is 6.42 Å². The van der Waals surface area contributed by atoms with E-state index in [2.05, 4.69) is 0 Å². The van der Waals surface area contributed by atoms with Gasteiger partial charge in [0.2, 0.25) is 0 Å². The number of carbonyl (C=O) groups is 1. The van der Waals surface area contributed by atoms with Crippen LogP contribution >= 0.6 is 0 Å². The predicted molar refractivity (Wildman–Crippen MR) is 60.5 cm³/mol. The van der Waals surface area contributed by atoms with Crippen molar-refractivity contribution in [3.8, 4) is 11.5 Å². The lowest BCUT2D eigenvalue weighted by molar-refractivity contribution is 0.0695. The molecule has 0 fully saturated rings. The van der Waals surface area contributed by atoms with Crippen LogP contribution in [0.1, 0.15) is 40.7 Å². The molecule has 0 spiro atoms. The molecular formula is C12H16O4. The Labute approximate surface area is 106 Å². The van der Waals surface area contributed by atoms with Gasteiger partial charge in [0.25, 0.3) is 0 Å². The smallest absolute Gasteiger partial charge is 0.336 e. The number of aromatic carboxylic acids is 1. The Balaban J connectivity index is 3.56. The Morgan fingerprint density at radius 2 is 2.44 bits per heavy atom. The molecule has 0 aliphatic carbocycles. The van der Waals surface area contributed by atoms with Gasteiger partial charge in [-0.3, -0.25) is 0 Å². The van der Waals surface area contributed by atoms with Crippen LogP contribution in [0.2, 0.25) is 0 Å². The maximum Gasteiger partial charge on any atom is 0.336 e. The maximum absolute atomic E-state index is 11.3. The molecule has 0 bridgehead atoms. The van der Waals surface area contributed by atoms with Crippen molar-refractivity contribution in [3.63, 3.8) is 0 Å². The molecular weight excluding hydrogens is 208 g/mol. The molecule has 0 amide bonds. The Kier molecular flexibility index (Phi) is 1.71. The zero-order valence-electron chi connectivity index (χ0n) is 16.5. The standard InChI is InChI=1S/C12H16O4/c1-4-8-9(12(13)14)6-7-10(15-3)11(8)16-5-2/h6-7H,4-5H2,1-3H3,(H,13,14)/i2D3,3D3,5D2. The molecule has 0 radical (unpaired) electrons. The number of carboxylic acids is 1. The molecule has 4 nitrogen and oxygen atoms in total. The van der Waals surface area contributed by atoms with Crippen molar-refractivity contribution < 1.29 is 30.3 Å². The molecule has 1 rings (SSSR count). The molecule has 0 heterocycles. The summed E-state index contributed by atoms with van der Waals surface area (Å²) < 4.78 is 67.5. The van der Waals surface area contributed by atoms with Gasteiger partial charge in [0.15, 0.2) is 11.5 Å². The summed E-state index contributed by atoms with van der Waals surface area (Å²) in [6, 6.07) is 2.07. The van der Waals surface area contributed by atoms with Crippen LogP contribution in [0.5, 0.6) is 11.5 Å². The molecule has 1 N–H and O–H groups in total. The highest BCUT2D eigenvalue weighted by molar-refractivity contribution is 5.90. The maximum atomic E-state index is 11.3. The predicted octanol–water partition coefficient (Wildman–Crippen LogP) is 2.35. The second kappa shape index (κ2) is 5.39. The van der Waals surface area contributed by atoms with Gasteiger partial charge in [-0.1, -0.05) is 6.92 Å². The zero-order chi connectivity index (χ0) is 18.9. The van der Waals surface area contributed by atoms with Crippen molar-refractivity contribution in [2.24, 2.45) is 0 Å². The summed E-state index contributed by atoms with van der Waals surface area (Å²) in [4.78, 5) is 11.3. The van der Waals surface area contributed by atoms with E-state index in [-0.39, 0.29) is 17.5 Å². The van der Waals surface area contributed by atoms with Crippen molar-refractivity contribution in [2.45, 2.75) is 20.2 Å². The summed E-state index contributed by atoms with van der Waals surface area (Å²) >= 11 is 0. The summed E-state index contributed by atoms with van der Waals surface area (Å²) in [5, 5.41) is 9.19. The Hall–Kier alpha value is -1.71. The lowest BCUT2D eigenvalue weighted by atomic mass is 10.0. The molecule has 0 aliphatic heterocycles. The van der Waals surface area contributed by atoms with E-state index in [0.717, 1.165) is 12.1 Å². The van der Waals surface area contributed by atoms with E-state index >= 15 is 0 Å². The van der Waals surface area contributed by atoms with Crippen molar-refractivity contribution >= 4 is 5.97 Å². The number of carboxylic acid groups (broad SMARTS) is 1. The van der Waals surface area contributed by atoms with Crippen molar-refractivity contribution in [3.05, 3.63) is 23.3 Å². The van der Waals surface area contributed by atoms with E-state index in [1.54, 1.807) is 0 Å². The summed E-state index contributed by atoms with van der Waals surface area (Å²) in [6.45, 7) is -4.84. The fraction of sp³-hybridized carbons (Fsp3) is 0.417. The highest BCUT2D eigenvalue weighted by Gasteiger charge is 2.17. The summed E-state index contributed by atoms with van der Waals surface area (Å²) in [5.74, 6) is -2.38. The average Bonchev–Trinajstić information content (AvgIpc) is 2.36. The monoisotopic (exact) mass is 232 g/mol. The van der Waals surface area contributed by atoms with Crippen molar-refractivity contribution in [1.29, 1.82) is 0 Å². The fourth-order valence-corrected chi connectivity index (χ4v) is 1.40. The molecule has 16 heavy (non-hydrogen) atoms. The molecule has 88 valence electrons. The van der Waals surface area contributed by atoms with Crippen LogP contribution in [0.3, 0.4) is 0 Å². The van der Waals surface area contributed by atoms with Gasteiger partial charge in [-0.25, -0.2) is 4.79 Å². The minimum absolute atomic E-state index is 0.0201. The topological polar surface area (TPSA) is 55.8 Å². The zero-order valence-corrected chi connectivity index (χ0v) is 8.53. The van der Waals surface area contributed by atoms with Gasteiger partial charge >= 0.3 is 5.97 Å². The Morgan fingerprint density at radius 3 is 3.00 bits per heavy atom. The normalized spacial score (nSPS) is 19.8. The number of ether oxygens (including phenoxy) is 2. The first-order chi connectivity index (χ1) is 10.7. The second-order valence-corrected chi connectivity index (χ2v) is 2.88. The summed E-state index contributed by atoms with van der Waals surface area (Å²) in [7, 11) is -2.92. The number of rotatable bonds is 5. The van der Waals surface area contributed by atoms with E-state index in [1.807, 2.05) is 0 Å². The number of benzene rings is 1. The SMILES string of the molecule is [2H]C([2H])([2H])Oc1ccc(C(=O)O)c(CC)c1OC([2H])([2H])C([2H])([2H])[2H]. The molecule has 0 atom stereocenters. The second-order valence-electron chi connectivity index (χ2n) is 2.88. The van der Waals surface area contributed by atoms with Crippen LogP contribution in [0, 0.1) is 0 Å². The van der Waals surface area contributed by atoms with E-state index in [1.165, 1.54) is 6.92 Å². The number of hydrogen-bond acceptors (Lipinski definition) is 3. The fourth-order valence-electron chi connectivity index (χ4n) is 1.40. The van der Waals surface area contributed by atoms with Gasteiger partial charge in [-0.2, -0.15) is 0 Å². The van der Waals surface area contributed by atoms with Crippen LogP contribution in [-0.4, -0.2) is 24.7 Å². The highest BCUT2D eigenvalue weighted by atomic mass is 16.5. The Morgan fingerprint density at radius 1 is 1.62 bits per heavy atom. The quantitative estimate of drug-likeness (QED) is 0.846. The lowest BCUT2D eigenvalue weighted by Crippen LogP contribution is -2.06. The van der Waals surface area contributed by atoms with E-state index in [4.69, 9.17) is 20.4 Å². The minimum atomic E-state index is -3.19. The first-order valence-corrected chi connectivity index (χ1v) is 4.47. The van der Waals surface area contributed by atoms with Gasteiger partial charge in [-0.15, -0.1) is 0 Å². The average molecular weight is 232 g/mol. The summed E-state index contributed by atoms with van der Waals surface area (Å²) in [6.07, 6.45) is 0.0201. The van der Waals surface area contributed by atoms with E-state index in [9.17, 15) is 9.90 Å². The van der Waals surface area contributed by atoms with Crippen LogP contribution in [0.15, 0.2) is 12.1 Å². The summed E-state index contributed by atoms with van der Waals surface area (Å²) in [5.41, 5.74) is -0.343. The molecule has 0 aliphatic rings. The van der Waals surface area contributed by atoms with Crippen LogP contribution < -0.4 is 9.47 Å². The lowest BCUT2D eigenvalue weighted by Gasteiger charge is -2.15. The van der Waals surface area contributed by atoms with Crippen LogP contribution in [0.25, 0.3) is 0 Å². The van der Waals surface area contributed by atoms with Gasteiger partial charge in [0.1, 0.15) is 0 Å². The number of hydrogen-bond donors (Lipinski definition) is 1. The molecule has 1 aromatic rings. The van der Waals surface area contributed by atoms with Gasteiger partial charge in [0.05, 0.1) is 26.0 Å². The molecule has 1 aromatic carbocycles. The molecule has 0 saturated carbocycles. The van der Waals surface area contributed by atoms with E-state index in [0.29, 0.717) is 0 Å². The van der Waals surface area contributed by atoms with Crippen LogP contribution in [0.4, 0.5) is 0 Å². The Bertz CT molecular complexity index is 621. The van der Waals surface area contributed by atoms with Gasteiger partial charge in [0, 0.05) is 9.68 Å². The first-order valence-electron chi connectivity index (χ1n) is 8.47. The molecule has 4 heteroatoms. The molecule has 0 saturated heterocycles. The molecule has 0 aromatic heterocycles. The first kappa shape index (κ1) is 5.08. The van der Waals surface area contributed by atoms with Crippen molar-refractivity contribution in [1.82, 2.24) is 0 Å².